The van der Waals surface area contributed by atoms with Crippen molar-refractivity contribution in [1.82, 2.24) is 4.57 Å². The first-order valence-electron chi connectivity index (χ1n) is 4.92. The Kier molecular flexibility index (Phi) is 2.43. The molecule has 16 heavy (non-hydrogen) atoms. The number of aromatic nitrogens is 1. The molecule has 3 nitrogen and oxygen atoms in total. The van der Waals surface area contributed by atoms with Crippen molar-refractivity contribution in [3.05, 3.63) is 34.0 Å². The molecule has 2 rings (SSSR count). The fourth-order valence-corrected chi connectivity index (χ4v) is 2.37. The number of aryl methyl sites for hydroxylation is 3. The zero-order valence-electron chi connectivity index (χ0n) is 9.34. The average Bonchev–Trinajstić information content (AvgIpc) is 2.42. The maximum atomic E-state index is 11.2. The second-order valence-electron chi connectivity index (χ2n) is 4.01. The number of hydrogen-bond acceptors (Lipinski definition) is 1. The van der Waals surface area contributed by atoms with Crippen molar-refractivity contribution in [2.24, 2.45) is 7.05 Å². The molecule has 1 heterocycles. The van der Waals surface area contributed by atoms with E-state index < -0.39 is 5.97 Å². The lowest BCUT2D eigenvalue weighted by Gasteiger charge is -2.01. The number of rotatable bonds is 1. The van der Waals surface area contributed by atoms with E-state index in [-0.39, 0.29) is 10.7 Å². The molecule has 1 aromatic heterocycles. The maximum absolute atomic E-state index is 11.2. The van der Waals surface area contributed by atoms with Crippen LogP contribution in [0.25, 0.3) is 10.9 Å². The monoisotopic (exact) mass is 237 g/mol. The molecule has 0 amide bonds. The van der Waals surface area contributed by atoms with Crippen LogP contribution in [0.4, 0.5) is 0 Å². The summed E-state index contributed by atoms with van der Waals surface area (Å²) in [6, 6.07) is 3.91. The minimum atomic E-state index is -0.984. The van der Waals surface area contributed by atoms with Gasteiger partial charge in [-0.2, -0.15) is 0 Å². The third kappa shape index (κ3) is 1.39. The first-order chi connectivity index (χ1) is 7.43. The summed E-state index contributed by atoms with van der Waals surface area (Å²) in [6.45, 7) is 3.88. The van der Waals surface area contributed by atoms with Gasteiger partial charge in [-0.3, -0.25) is 0 Å². The predicted molar refractivity (Wildman–Crippen MR) is 64.4 cm³/mol. The molecule has 0 radical (unpaired) electrons. The molecule has 84 valence electrons. The lowest BCUT2D eigenvalue weighted by atomic mass is 10.0. The Bertz CT molecular complexity index is 599. The minimum absolute atomic E-state index is 0.191. The molecule has 0 aliphatic rings. The number of fused-ring (bicyclic) bond motifs is 1. The number of benzene rings is 1. The topological polar surface area (TPSA) is 42.2 Å². The Labute approximate surface area is 98.3 Å². The molecular weight excluding hydrogens is 226 g/mol. The van der Waals surface area contributed by atoms with Gasteiger partial charge in [-0.05, 0) is 31.0 Å². The Morgan fingerprint density at radius 2 is 2.00 bits per heavy atom. The van der Waals surface area contributed by atoms with E-state index in [4.69, 9.17) is 11.6 Å². The van der Waals surface area contributed by atoms with Crippen LogP contribution in [0.5, 0.6) is 0 Å². The van der Waals surface area contributed by atoms with Gasteiger partial charge in [-0.1, -0.05) is 17.7 Å². The largest absolute Gasteiger partial charge is 0.478 e. The molecule has 0 fully saturated rings. The highest BCUT2D eigenvalue weighted by Gasteiger charge is 2.20. The fraction of sp³-hybridized carbons (Fsp3) is 0.250. The number of carboxylic acid groups (broad SMARTS) is 1. The summed E-state index contributed by atoms with van der Waals surface area (Å²) in [5.41, 5.74) is 3.09. The van der Waals surface area contributed by atoms with E-state index in [1.54, 1.807) is 11.6 Å². The van der Waals surface area contributed by atoms with Crippen LogP contribution in [-0.2, 0) is 7.05 Å². The van der Waals surface area contributed by atoms with E-state index >= 15 is 0 Å². The predicted octanol–water partition coefficient (Wildman–Crippen LogP) is 3.15. The number of carboxylic acids is 1. The van der Waals surface area contributed by atoms with Gasteiger partial charge in [-0.25, -0.2) is 4.79 Å². The lowest BCUT2D eigenvalue weighted by molar-refractivity contribution is 0.0699. The van der Waals surface area contributed by atoms with E-state index in [2.05, 4.69) is 0 Å². The van der Waals surface area contributed by atoms with Crippen molar-refractivity contribution in [1.29, 1.82) is 0 Å². The summed E-state index contributed by atoms with van der Waals surface area (Å²) >= 11 is 6.04. The number of hydrogen-bond donors (Lipinski definition) is 1. The number of carbonyl (C=O) groups is 1. The second-order valence-corrected chi connectivity index (χ2v) is 4.36. The number of nitrogens with zero attached hydrogens (tertiary/aromatic N) is 1. The summed E-state index contributed by atoms with van der Waals surface area (Å²) in [7, 11) is 1.77. The highest BCUT2D eigenvalue weighted by atomic mass is 35.5. The SMILES string of the molecule is Cc1cc(C)c2c(C(=O)O)c(Cl)n(C)c2c1. The minimum Gasteiger partial charge on any atom is -0.478 e. The average molecular weight is 238 g/mol. The van der Waals surface area contributed by atoms with Gasteiger partial charge in [0.1, 0.15) is 10.7 Å². The van der Waals surface area contributed by atoms with E-state index in [9.17, 15) is 9.90 Å². The third-order valence-electron chi connectivity index (χ3n) is 2.79. The summed E-state index contributed by atoms with van der Waals surface area (Å²) in [5.74, 6) is -0.984. The lowest BCUT2D eigenvalue weighted by Crippen LogP contribution is -1.97. The molecule has 0 atom stereocenters. The molecule has 1 N–H and O–H groups in total. The van der Waals surface area contributed by atoms with Crippen LogP contribution in [0.2, 0.25) is 5.15 Å². The van der Waals surface area contributed by atoms with Crippen molar-refractivity contribution in [3.8, 4) is 0 Å². The van der Waals surface area contributed by atoms with Gasteiger partial charge >= 0.3 is 5.97 Å². The van der Waals surface area contributed by atoms with Crippen LogP contribution in [0.1, 0.15) is 21.5 Å². The van der Waals surface area contributed by atoms with Gasteiger partial charge in [-0.15, -0.1) is 0 Å². The van der Waals surface area contributed by atoms with E-state index in [0.717, 1.165) is 22.0 Å². The first kappa shape index (κ1) is 11.0. The molecule has 2 aromatic rings. The number of halogens is 1. The van der Waals surface area contributed by atoms with Gasteiger partial charge in [0.25, 0.3) is 0 Å². The van der Waals surface area contributed by atoms with Crippen LogP contribution in [0.3, 0.4) is 0 Å². The van der Waals surface area contributed by atoms with Gasteiger partial charge in [0, 0.05) is 12.4 Å². The Balaban J connectivity index is 3.02. The molecule has 0 aliphatic carbocycles. The molecule has 0 unspecified atom stereocenters. The van der Waals surface area contributed by atoms with E-state index in [1.807, 2.05) is 26.0 Å². The molecule has 0 aliphatic heterocycles. The van der Waals surface area contributed by atoms with Crippen LogP contribution >= 0.6 is 11.6 Å². The third-order valence-corrected chi connectivity index (χ3v) is 3.23. The molecule has 0 saturated carbocycles. The molecular formula is C12H12ClNO2. The van der Waals surface area contributed by atoms with Gasteiger partial charge in [0.15, 0.2) is 0 Å². The summed E-state index contributed by atoms with van der Waals surface area (Å²) in [4.78, 5) is 11.2. The van der Waals surface area contributed by atoms with E-state index in [0.29, 0.717) is 0 Å². The molecule has 4 heteroatoms. The molecule has 0 spiro atoms. The smallest absolute Gasteiger partial charge is 0.339 e. The van der Waals surface area contributed by atoms with Crippen molar-refractivity contribution in [2.75, 3.05) is 0 Å². The zero-order valence-corrected chi connectivity index (χ0v) is 10.1. The second kappa shape index (κ2) is 3.52. The first-order valence-corrected chi connectivity index (χ1v) is 5.29. The summed E-state index contributed by atoms with van der Waals surface area (Å²) < 4.78 is 1.71. The Hall–Kier alpha value is -1.48. The van der Waals surface area contributed by atoms with Gasteiger partial charge < -0.3 is 9.67 Å². The highest BCUT2D eigenvalue weighted by Crippen LogP contribution is 2.32. The van der Waals surface area contributed by atoms with Crippen molar-refractivity contribution in [3.63, 3.8) is 0 Å². The zero-order chi connectivity index (χ0) is 12.0. The summed E-state index contributed by atoms with van der Waals surface area (Å²) in [6.07, 6.45) is 0. The van der Waals surface area contributed by atoms with Crippen molar-refractivity contribution in [2.45, 2.75) is 13.8 Å². The van der Waals surface area contributed by atoms with Crippen molar-refractivity contribution >= 4 is 28.5 Å². The van der Waals surface area contributed by atoms with Crippen LogP contribution in [0, 0.1) is 13.8 Å². The number of aromatic carboxylic acids is 1. The highest BCUT2D eigenvalue weighted by molar-refractivity contribution is 6.35. The Morgan fingerprint density at radius 1 is 1.38 bits per heavy atom. The van der Waals surface area contributed by atoms with Gasteiger partial charge in [0.2, 0.25) is 0 Å². The van der Waals surface area contributed by atoms with E-state index in [1.165, 1.54) is 0 Å². The molecule has 0 bridgehead atoms. The van der Waals surface area contributed by atoms with Crippen LogP contribution in [0.15, 0.2) is 12.1 Å². The fourth-order valence-electron chi connectivity index (χ4n) is 2.11. The quantitative estimate of drug-likeness (QED) is 0.828. The van der Waals surface area contributed by atoms with Crippen LogP contribution < -0.4 is 0 Å². The summed E-state index contributed by atoms with van der Waals surface area (Å²) in [5, 5.41) is 10.2. The van der Waals surface area contributed by atoms with Crippen molar-refractivity contribution < 1.29 is 9.90 Å². The molecule has 1 aromatic carbocycles. The maximum Gasteiger partial charge on any atom is 0.339 e. The van der Waals surface area contributed by atoms with Crippen LogP contribution in [-0.4, -0.2) is 15.6 Å². The standard InChI is InChI=1S/C12H12ClNO2/c1-6-4-7(2)9-8(5-6)14(3)11(13)10(9)12(15)16/h4-5H,1-3H3,(H,15,16). The molecule has 0 saturated heterocycles. The Morgan fingerprint density at radius 3 is 2.56 bits per heavy atom. The normalized spacial score (nSPS) is 11.0. The van der Waals surface area contributed by atoms with Gasteiger partial charge in [0.05, 0.1) is 5.52 Å².